The van der Waals surface area contributed by atoms with Gasteiger partial charge in [-0.1, -0.05) is 37.3 Å². The van der Waals surface area contributed by atoms with Gasteiger partial charge < -0.3 is 9.47 Å². The fourth-order valence-electron chi connectivity index (χ4n) is 3.00. The number of carbonyl (C=O) groups excluding carboxylic acids is 1. The highest BCUT2D eigenvalue weighted by molar-refractivity contribution is 5.77. The molecular weight excluding hydrogens is 240 g/mol. The molecule has 2 aliphatic rings. The second kappa shape index (κ2) is 4.97. The van der Waals surface area contributed by atoms with Gasteiger partial charge in [0.05, 0.1) is 19.1 Å². The van der Waals surface area contributed by atoms with Crippen LogP contribution in [0.15, 0.2) is 30.3 Å². The van der Waals surface area contributed by atoms with Gasteiger partial charge >= 0.3 is 5.97 Å². The zero-order chi connectivity index (χ0) is 13.3. The summed E-state index contributed by atoms with van der Waals surface area (Å²) >= 11 is 0. The van der Waals surface area contributed by atoms with Crippen LogP contribution in [0.2, 0.25) is 0 Å². The lowest BCUT2D eigenvalue weighted by atomic mass is 9.80. The van der Waals surface area contributed by atoms with Gasteiger partial charge in [0.1, 0.15) is 0 Å². The van der Waals surface area contributed by atoms with Gasteiger partial charge in [0.25, 0.3) is 0 Å². The number of fused-ring (bicyclic) bond motifs is 1. The highest BCUT2D eigenvalue weighted by Gasteiger charge is 2.57. The number of esters is 1. The standard InChI is InChI=1S/C16H20O3/c1-16(11-19-15(17)13-9-14(13)16)7-8-18-10-12-5-3-2-4-6-12/h2-6,13-14H,7-11H2,1H3/t13-,14+,16+/m0/s1. The van der Waals surface area contributed by atoms with Crippen molar-refractivity contribution in [3.8, 4) is 0 Å². The molecule has 0 radical (unpaired) electrons. The van der Waals surface area contributed by atoms with Gasteiger partial charge in [0.2, 0.25) is 0 Å². The van der Waals surface area contributed by atoms with E-state index in [0.717, 1.165) is 19.4 Å². The van der Waals surface area contributed by atoms with Gasteiger partial charge in [-0.15, -0.1) is 0 Å². The van der Waals surface area contributed by atoms with E-state index in [0.29, 0.717) is 19.1 Å². The zero-order valence-corrected chi connectivity index (χ0v) is 11.3. The van der Waals surface area contributed by atoms with Crippen molar-refractivity contribution in [2.24, 2.45) is 17.3 Å². The minimum atomic E-state index is 0.00711. The van der Waals surface area contributed by atoms with Gasteiger partial charge in [-0.05, 0) is 24.3 Å². The third-order valence-electron chi connectivity index (χ3n) is 4.46. The zero-order valence-electron chi connectivity index (χ0n) is 11.3. The first-order valence-electron chi connectivity index (χ1n) is 6.97. The molecule has 0 aromatic heterocycles. The van der Waals surface area contributed by atoms with Crippen molar-refractivity contribution < 1.29 is 14.3 Å². The van der Waals surface area contributed by atoms with Gasteiger partial charge in [-0.25, -0.2) is 0 Å². The second-order valence-corrected chi connectivity index (χ2v) is 6.00. The Morgan fingerprint density at radius 2 is 2.16 bits per heavy atom. The Bertz CT molecular complexity index is 456. The number of carbonyl (C=O) groups is 1. The lowest BCUT2D eigenvalue weighted by Crippen LogP contribution is -2.35. The molecule has 0 unspecified atom stereocenters. The van der Waals surface area contributed by atoms with Crippen molar-refractivity contribution in [1.29, 1.82) is 0 Å². The summed E-state index contributed by atoms with van der Waals surface area (Å²) in [5, 5.41) is 0. The van der Waals surface area contributed by atoms with Gasteiger partial charge in [0.15, 0.2) is 0 Å². The molecule has 0 spiro atoms. The molecule has 1 aliphatic heterocycles. The van der Waals surface area contributed by atoms with E-state index in [-0.39, 0.29) is 17.3 Å². The van der Waals surface area contributed by atoms with Gasteiger partial charge in [-0.2, -0.15) is 0 Å². The Labute approximate surface area is 113 Å². The van der Waals surface area contributed by atoms with Crippen LogP contribution in [0.25, 0.3) is 0 Å². The molecule has 102 valence electrons. The van der Waals surface area contributed by atoms with Crippen LogP contribution < -0.4 is 0 Å². The molecule has 1 aromatic carbocycles. The average Bonchev–Trinajstić information content (AvgIpc) is 3.23. The van der Waals surface area contributed by atoms with E-state index in [9.17, 15) is 4.79 Å². The van der Waals surface area contributed by atoms with Crippen LogP contribution >= 0.6 is 0 Å². The van der Waals surface area contributed by atoms with E-state index in [2.05, 4.69) is 19.1 Å². The number of hydrogen-bond donors (Lipinski definition) is 0. The molecule has 1 aliphatic carbocycles. The first kappa shape index (κ1) is 12.7. The van der Waals surface area contributed by atoms with E-state index >= 15 is 0 Å². The first-order chi connectivity index (χ1) is 9.19. The molecule has 1 saturated carbocycles. The Morgan fingerprint density at radius 1 is 1.37 bits per heavy atom. The normalized spacial score (nSPS) is 32.6. The van der Waals surface area contributed by atoms with Crippen molar-refractivity contribution >= 4 is 5.97 Å². The molecule has 0 amide bonds. The van der Waals surface area contributed by atoms with Crippen LogP contribution in [0.5, 0.6) is 0 Å². The monoisotopic (exact) mass is 260 g/mol. The van der Waals surface area contributed by atoms with Crippen LogP contribution in [0.3, 0.4) is 0 Å². The molecular formula is C16H20O3. The number of rotatable bonds is 5. The Morgan fingerprint density at radius 3 is 2.95 bits per heavy atom. The van der Waals surface area contributed by atoms with E-state index in [1.165, 1.54) is 5.56 Å². The van der Waals surface area contributed by atoms with Crippen molar-refractivity contribution in [1.82, 2.24) is 0 Å². The maximum absolute atomic E-state index is 11.4. The molecule has 2 fully saturated rings. The topological polar surface area (TPSA) is 35.5 Å². The van der Waals surface area contributed by atoms with Crippen molar-refractivity contribution in [2.45, 2.75) is 26.4 Å². The number of cyclic esters (lactones) is 1. The lowest BCUT2D eigenvalue weighted by Gasteiger charge is -2.32. The molecule has 3 heteroatoms. The minimum Gasteiger partial charge on any atom is -0.465 e. The Hall–Kier alpha value is -1.35. The molecule has 3 atom stereocenters. The van der Waals surface area contributed by atoms with Crippen molar-refractivity contribution in [3.05, 3.63) is 35.9 Å². The summed E-state index contributed by atoms with van der Waals surface area (Å²) in [5.74, 6) is 0.703. The van der Waals surface area contributed by atoms with Crippen LogP contribution in [-0.4, -0.2) is 19.2 Å². The van der Waals surface area contributed by atoms with Crippen molar-refractivity contribution in [2.75, 3.05) is 13.2 Å². The average molecular weight is 260 g/mol. The van der Waals surface area contributed by atoms with Crippen molar-refractivity contribution in [3.63, 3.8) is 0 Å². The molecule has 1 aromatic rings. The van der Waals surface area contributed by atoms with Gasteiger partial charge in [0, 0.05) is 12.0 Å². The number of benzene rings is 1. The molecule has 1 saturated heterocycles. The second-order valence-electron chi connectivity index (χ2n) is 6.00. The van der Waals surface area contributed by atoms with E-state index in [1.807, 2.05) is 18.2 Å². The van der Waals surface area contributed by atoms with Crippen LogP contribution in [0.1, 0.15) is 25.3 Å². The molecule has 1 heterocycles. The quantitative estimate of drug-likeness (QED) is 0.603. The van der Waals surface area contributed by atoms with Crippen LogP contribution in [0, 0.1) is 17.3 Å². The SMILES string of the molecule is C[C@@]1(CCOCc2ccccc2)COC(=O)[C@H]2C[C@H]21. The summed E-state index contributed by atoms with van der Waals surface area (Å²) in [6.07, 6.45) is 1.97. The Balaban J connectivity index is 1.44. The summed E-state index contributed by atoms with van der Waals surface area (Å²) in [7, 11) is 0. The van der Waals surface area contributed by atoms with Gasteiger partial charge in [-0.3, -0.25) is 4.79 Å². The molecule has 3 rings (SSSR count). The largest absolute Gasteiger partial charge is 0.465 e. The van der Waals surface area contributed by atoms with E-state index in [4.69, 9.17) is 9.47 Å². The third kappa shape index (κ3) is 2.66. The first-order valence-corrected chi connectivity index (χ1v) is 6.97. The minimum absolute atomic E-state index is 0.00711. The smallest absolute Gasteiger partial charge is 0.309 e. The summed E-state index contributed by atoms with van der Waals surface area (Å²) in [6, 6.07) is 10.2. The summed E-state index contributed by atoms with van der Waals surface area (Å²) in [4.78, 5) is 11.4. The van der Waals surface area contributed by atoms with E-state index in [1.54, 1.807) is 0 Å². The molecule has 0 N–H and O–H groups in total. The Kier molecular flexibility index (Phi) is 3.31. The predicted molar refractivity (Wildman–Crippen MR) is 71.4 cm³/mol. The predicted octanol–water partition coefficient (Wildman–Crippen LogP) is 2.79. The molecule has 0 bridgehead atoms. The van der Waals surface area contributed by atoms with E-state index < -0.39 is 0 Å². The maximum Gasteiger partial charge on any atom is 0.309 e. The lowest BCUT2D eigenvalue weighted by molar-refractivity contribution is -0.156. The number of ether oxygens (including phenoxy) is 2. The molecule has 3 nitrogen and oxygen atoms in total. The highest BCUT2D eigenvalue weighted by Crippen LogP contribution is 2.56. The maximum atomic E-state index is 11.4. The van der Waals surface area contributed by atoms with Crippen LogP contribution in [0.4, 0.5) is 0 Å². The number of hydrogen-bond acceptors (Lipinski definition) is 3. The summed E-state index contributed by atoms with van der Waals surface area (Å²) in [6.45, 7) is 4.16. The highest BCUT2D eigenvalue weighted by atomic mass is 16.5. The third-order valence-corrected chi connectivity index (χ3v) is 4.46. The van der Waals surface area contributed by atoms with Crippen LogP contribution in [-0.2, 0) is 20.9 Å². The molecule has 19 heavy (non-hydrogen) atoms. The fourth-order valence-corrected chi connectivity index (χ4v) is 3.00. The summed E-state index contributed by atoms with van der Waals surface area (Å²) in [5.41, 5.74) is 1.32. The fraction of sp³-hybridized carbons (Fsp3) is 0.562. The summed E-state index contributed by atoms with van der Waals surface area (Å²) < 4.78 is 11.0.